The molecule has 5 nitrogen and oxygen atoms in total. The molecule has 0 spiro atoms. The molecule has 1 heterocycles. The minimum absolute atomic E-state index is 0.160. The number of ether oxygens (including phenoxy) is 1. The summed E-state index contributed by atoms with van der Waals surface area (Å²) in [5, 5.41) is 8.60. The highest BCUT2D eigenvalue weighted by molar-refractivity contribution is 8.26. The van der Waals surface area contributed by atoms with E-state index in [1.165, 1.54) is 16.7 Å². The Kier molecular flexibility index (Phi) is 5.35. The van der Waals surface area contributed by atoms with Crippen LogP contribution in [0.2, 0.25) is 0 Å². The lowest BCUT2D eigenvalue weighted by atomic mass is 10.2. The number of amides is 1. The van der Waals surface area contributed by atoms with Gasteiger partial charge in [-0.2, -0.15) is 0 Å². The molecule has 2 rings (SSSR count). The van der Waals surface area contributed by atoms with Crippen LogP contribution in [0.1, 0.15) is 5.56 Å². The lowest BCUT2D eigenvalue weighted by Gasteiger charge is -2.10. The smallest absolute Gasteiger partial charge is 0.341 e. The second-order valence-electron chi connectivity index (χ2n) is 4.34. The second kappa shape index (κ2) is 7.24. The summed E-state index contributed by atoms with van der Waals surface area (Å²) >= 11 is 6.39. The summed E-state index contributed by atoms with van der Waals surface area (Å²) in [6.45, 7) is 3.57. The van der Waals surface area contributed by atoms with Gasteiger partial charge in [-0.15, -0.1) is 6.58 Å². The standard InChI is InChI=1S/C15H13NO4S2/c1-2-6-16-14(19)12(22-15(16)21)8-10-4-3-5-11(7-10)20-9-13(17)18/h2-5,7-8H,1,6,9H2,(H,17,18)/b12-8-. The predicted octanol–water partition coefficient (Wildman–Crippen LogP) is 2.54. The Morgan fingerprint density at radius 1 is 1.50 bits per heavy atom. The van der Waals surface area contributed by atoms with E-state index >= 15 is 0 Å². The van der Waals surface area contributed by atoms with Gasteiger partial charge in [0.2, 0.25) is 0 Å². The number of hydrogen-bond acceptors (Lipinski definition) is 5. The molecule has 0 unspecified atom stereocenters. The van der Waals surface area contributed by atoms with Gasteiger partial charge in [-0.25, -0.2) is 4.79 Å². The molecule has 1 aliphatic rings. The number of benzene rings is 1. The lowest BCUT2D eigenvalue weighted by Crippen LogP contribution is -2.27. The van der Waals surface area contributed by atoms with Gasteiger partial charge in [-0.3, -0.25) is 9.69 Å². The molecule has 114 valence electrons. The fourth-order valence-corrected chi connectivity index (χ4v) is 3.05. The largest absolute Gasteiger partial charge is 0.482 e. The lowest BCUT2D eigenvalue weighted by molar-refractivity contribution is -0.139. The molecule has 1 fully saturated rings. The van der Waals surface area contributed by atoms with Crippen molar-refractivity contribution in [3.8, 4) is 5.75 Å². The summed E-state index contributed by atoms with van der Waals surface area (Å²) in [6.07, 6.45) is 3.32. The number of carbonyl (C=O) groups excluding carboxylic acids is 1. The van der Waals surface area contributed by atoms with Crippen LogP contribution in [-0.4, -0.2) is 39.4 Å². The van der Waals surface area contributed by atoms with Crippen molar-refractivity contribution < 1.29 is 19.4 Å². The average Bonchev–Trinajstić information content (AvgIpc) is 2.74. The number of carboxylic acids is 1. The number of hydrogen-bond donors (Lipinski definition) is 1. The van der Waals surface area contributed by atoms with E-state index in [1.807, 2.05) is 0 Å². The molecular formula is C15H13NO4S2. The molecule has 0 bridgehead atoms. The van der Waals surface area contributed by atoms with Crippen molar-refractivity contribution in [1.29, 1.82) is 0 Å². The number of aliphatic carboxylic acids is 1. The van der Waals surface area contributed by atoms with E-state index < -0.39 is 12.6 Å². The first-order valence-corrected chi connectivity index (χ1v) is 7.54. The molecule has 1 saturated heterocycles. The molecule has 22 heavy (non-hydrogen) atoms. The normalized spacial score (nSPS) is 16.2. The maximum Gasteiger partial charge on any atom is 0.341 e. The molecule has 0 aromatic heterocycles. The maximum absolute atomic E-state index is 12.2. The summed E-state index contributed by atoms with van der Waals surface area (Å²) in [6, 6.07) is 6.85. The van der Waals surface area contributed by atoms with Crippen LogP contribution in [0.3, 0.4) is 0 Å². The van der Waals surface area contributed by atoms with E-state index in [2.05, 4.69) is 6.58 Å². The van der Waals surface area contributed by atoms with E-state index in [0.29, 0.717) is 21.5 Å². The van der Waals surface area contributed by atoms with Crippen LogP contribution in [0, 0.1) is 0 Å². The van der Waals surface area contributed by atoms with Crippen LogP contribution in [0.4, 0.5) is 0 Å². The Bertz CT molecular complexity index is 669. The fraction of sp³-hybridized carbons (Fsp3) is 0.133. The minimum atomic E-state index is -1.05. The van der Waals surface area contributed by atoms with Gasteiger partial charge in [0, 0.05) is 6.54 Å². The summed E-state index contributed by atoms with van der Waals surface area (Å²) in [4.78, 5) is 24.7. The van der Waals surface area contributed by atoms with Crippen molar-refractivity contribution in [2.45, 2.75) is 0 Å². The van der Waals surface area contributed by atoms with Crippen LogP contribution < -0.4 is 4.74 Å². The van der Waals surface area contributed by atoms with Gasteiger partial charge in [0.1, 0.15) is 10.1 Å². The van der Waals surface area contributed by atoms with Crippen molar-refractivity contribution >= 4 is 46.3 Å². The summed E-state index contributed by atoms with van der Waals surface area (Å²) in [5.41, 5.74) is 0.738. The van der Waals surface area contributed by atoms with Gasteiger partial charge in [0.05, 0.1) is 4.91 Å². The van der Waals surface area contributed by atoms with E-state index in [4.69, 9.17) is 22.1 Å². The molecule has 1 aromatic rings. The van der Waals surface area contributed by atoms with Crippen molar-refractivity contribution in [1.82, 2.24) is 4.90 Å². The topological polar surface area (TPSA) is 66.8 Å². The monoisotopic (exact) mass is 335 g/mol. The number of carboxylic acid groups (broad SMARTS) is 1. The Balaban J connectivity index is 2.17. The van der Waals surface area contributed by atoms with Crippen LogP contribution >= 0.6 is 24.0 Å². The van der Waals surface area contributed by atoms with Crippen LogP contribution in [0.5, 0.6) is 5.75 Å². The SMILES string of the molecule is C=CCN1C(=O)/C(=C/c2cccc(OCC(=O)O)c2)SC1=S. The molecule has 0 aliphatic carbocycles. The molecule has 0 saturated carbocycles. The maximum atomic E-state index is 12.2. The first-order chi connectivity index (χ1) is 10.5. The number of rotatable bonds is 6. The average molecular weight is 335 g/mol. The Morgan fingerprint density at radius 2 is 2.27 bits per heavy atom. The highest BCUT2D eigenvalue weighted by Gasteiger charge is 2.30. The molecule has 7 heteroatoms. The molecule has 1 N–H and O–H groups in total. The zero-order chi connectivity index (χ0) is 16.1. The number of thiocarbonyl (C=S) groups is 1. The highest BCUT2D eigenvalue weighted by atomic mass is 32.2. The van der Waals surface area contributed by atoms with Gasteiger partial charge < -0.3 is 9.84 Å². The van der Waals surface area contributed by atoms with E-state index in [9.17, 15) is 9.59 Å². The predicted molar refractivity (Wildman–Crippen MR) is 89.6 cm³/mol. The van der Waals surface area contributed by atoms with Gasteiger partial charge in [-0.1, -0.05) is 42.2 Å². The van der Waals surface area contributed by atoms with Crippen molar-refractivity contribution in [3.05, 3.63) is 47.4 Å². The zero-order valence-electron chi connectivity index (χ0n) is 11.5. The van der Waals surface area contributed by atoms with Gasteiger partial charge in [0.25, 0.3) is 5.91 Å². The van der Waals surface area contributed by atoms with Crippen LogP contribution in [-0.2, 0) is 9.59 Å². The Hall–Kier alpha value is -2.12. The summed E-state index contributed by atoms with van der Waals surface area (Å²) in [5.74, 6) is -0.778. The zero-order valence-corrected chi connectivity index (χ0v) is 13.2. The third-order valence-electron chi connectivity index (χ3n) is 2.70. The highest BCUT2D eigenvalue weighted by Crippen LogP contribution is 2.32. The number of thioether (sulfide) groups is 1. The van der Waals surface area contributed by atoms with Gasteiger partial charge in [-0.05, 0) is 23.8 Å². The van der Waals surface area contributed by atoms with Gasteiger partial charge in [0.15, 0.2) is 6.61 Å². The number of nitrogens with zero attached hydrogens (tertiary/aromatic N) is 1. The van der Waals surface area contributed by atoms with Crippen molar-refractivity contribution in [2.24, 2.45) is 0 Å². The third kappa shape index (κ3) is 3.96. The fourth-order valence-electron chi connectivity index (χ4n) is 1.78. The Morgan fingerprint density at radius 3 is 2.95 bits per heavy atom. The van der Waals surface area contributed by atoms with Crippen molar-refractivity contribution in [3.63, 3.8) is 0 Å². The molecule has 0 radical (unpaired) electrons. The van der Waals surface area contributed by atoms with Gasteiger partial charge >= 0.3 is 5.97 Å². The Labute approximate surface area is 137 Å². The minimum Gasteiger partial charge on any atom is -0.482 e. The van der Waals surface area contributed by atoms with E-state index in [1.54, 1.807) is 36.4 Å². The molecule has 0 atom stereocenters. The first kappa shape index (κ1) is 16.3. The van der Waals surface area contributed by atoms with Crippen molar-refractivity contribution in [2.75, 3.05) is 13.2 Å². The molecule has 1 aliphatic heterocycles. The van der Waals surface area contributed by atoms with E-state index in [0.717, 1.165) is 5.56 Å². The molecule has 1 aromatic carbocycles. The summed E-state index contributed by atoms with van der Waals surface area (Å²) < 4.78 is 5.61. The molecule has 1 amide bonds. The number of carbonyl (C=O) groups is 2. The third-order valence-corrected chi connectivity index (χ3v) is 4.08. The first-order valence-electron chi connectivity index (χ1n) is 6.32. The molecular weight excluding hydrogens is 322 g/mol. The quantitative estimate of drug-likeness (QED) is 0.489. The van der Waals surface area contributed by atoms with E-state index in [-0.39, 0.29) is 5.91 Å². The van der Waals surface area contributed by atoms with Crippen LogP contribution in [0.25, 0.3) is 6.08 Å². The summed E-state index contributed by atoms with van der Waals surface area (Å²) in [7, 11) is 0. The second-order valence-corrected chi connectivity index (χ2v) is 6.01. The van der Waals surface area contributed by atoms with Crippen LogP contribution in [0.15, 0.2) is 41.8 Å².